The summed E-state index contributed by atoms with van der Waals surface area (Å²) in [4.78, 5) is 4.64. The van der Waals surface area contributed by atoms with Crippen LogP contribution in [0.15, 0.2) is 12.1 Å². The Kier molecular flexibility index (Phi) is 4.21. The molecule has 0 N–H and O–H groups in total. The van der Waals surface area contributed by atoms with Crippen molar-refractivity contribution in [2.45, 2.75) is 52.0 Å². The van der Waals surface area contributed by atoms with Crippen LogP contribution >= 0.6 is 11.6 Å². The number of nitrogens with zero attached hydrogens (tertiary/aromatic N) is 2. The molecule has 1 fully saturated rings. The molecule has 1 aromatic heterocycles. The lowest BCUT2D eigenvalue weighted by Gasteiger charge is -2.23. The molecular formula is C17H22ClFN2. The third-order valence-electron chi connectivity index (χ3n) is 4.85. The molecule has 3 rings (SSSR count). The Balaban J connectivity index is 2.12. The third-order valence-corrected chi connectivity index (χ3v) is 5.04. The summed E-state index contributed by atoms with van der Waals surface area (Å²) in [6, 6.07) is 3.89. The van der Waals surface area contributed by atoms with Crippen molar-refractivity contribution in [1.82, 2.24) is 9.55 Å². The standard InChI is InChI=1S/C17H22ClFN2/c1-11-9-16-15(10-14(11)19)20-17(7-8-18)21(16)12(2)13-5-3-4-6-13/h9-10,12-13H,3-8H2,1-2H3. The molecule has 1 aromatic carbocycles. The first-order chi connectivity index (χ1) is 10.1. The predicted octanol–water partition coefficient (Wildman–Crippen LogP) is 5.02. The highest BCUT2D eigenvalue weighted by Gasteiger charge is 2.26. The minimum atomic E-state index is -0.182. The lowest BCUT2D eigenvalue weighted by Crippen LogP contribution is -2.17. The van der Waals surface area contributed by atoms with Crippen molar-refractivity contribution in [3.8, 4) is 0 Å². The van der Waals surface area contributed by atoms with Crippen LogP contribution in [0.25, 0.3) is 11.0 Å². The molecule has 1 aliphatic rings. The number of benzene rings is 1. The smallest absolute Gasteiger partial charge is 0.128 e. The first-order valence-electron chi connectivity index (χ1n) is 7.84. The highest BCUT2D eigenvalue weighted by Crippen LogP contribution is 2.37. The molecule has 0 aliphatic heterocycles. The van der Waals surface area contributed by atoms with Gasteiger partial charge in [0.2, 0.25) is 0 Å². The summed E-state index contributed by atoms with van der Waals surface area (Å²) in [5, 5.41) is 0. The zero-order chi connectivity index (χ0) is 15.0. The maximum absolute atomic E-state index is 13.8. The van der Waals surface area contributed by atoms with Crippen molar-refractivity contribution in [2.75, 3.05) is 5.88 Å². The molecule has 1 aliphatic carbocycles. The second-order valence-corrected chi connectivity index (χ2v) is 6.59. The predicted molar refractivity (Wildman–Crippen MR) is 85.5 cm³/mol. The highest BCUT2D eigenvalue weighted by atomic mass is 35.5. The molecule has 2 nitrogen and oxygen atoms in total. The number of rotatable bonds is 4. The molecule has 21 heavy (non-hydrogen) atoms. The van der Waals surface area contributed by atoms with E-state index in [-0.39, 0.29) is 5.82 Å². The Morgan fingerprint density at radius 3 is 2.76 bits per heavy atom. The van der Waals surface area contributed by atoms with Gasteiger partial charge in [0, 0.05) is 24.4 Å². The minimum Gasteiger partial charge on any atom is -0.325 e. The highest BCUT2D eigenvalue weighted by molar-refractivity contribution is 6.17. The molecule has 1 heterocycles. The first kappa shape index (κ1) is 14.8. The first-order valence-corrected chi connectivity index (χ1v) is 8.38. The van der Waals surface area contributed by atoms with Crippen molar-refractivity contribution in [3.63, 3.8) is 0 Å². The maximum atomic E-state index is 13.8. The van der Waals surface area contributed by atoms with Crippen molar-refractivity contribution in [1.29, 1.82) is 0 Å². The number of alkyl halides is 1. The average molecular weight is 309 g/mol. The number of fused-ring (bicyclic) bond motifs is 1. The van der Waals surface area contributed by atoms with E-state index in [0.717, 1.165) is 23.3 Å². The van der Waals surface area contributed by atoms with Gasteiger partial charge in [0.1, 0.15) is 11.6 Å². The van der Waals surface area contributed by atoms with Gasteiger partial charge in [-0.25, -0.2) is 9.37 Å². The molecule has 0 spiro atoms. The number of hydrogen-bond donors (Lipinski definition) is 0. The fraction of sp³-hybridized carbons (Fsp3) is 0.588. The molecule has 4 heteroatoms. The van der Waals surface area contributed by atoms with Gasteiger partial charge >= 0.3 is 0 Å². The number of halogens is 2. The van der Waals surface area contributed by atoms with Gasteiger partial charge in [-0.05, 0) is 44.2 Å². The third kappa shape index (κ3) is 2.68. The van der Waals surface area contributed by atoms with E-state index in [9.17, 15) is 4.39 Å². The van der Waals surface area contributed by atoms with Crippen molar-refractivity contribution in [2.24, 2.45) is 5.92 Å². The normalized spacial score (nSPS) is 17.7. The van der Waals surface area contributed by atoms with Crippen molar-refractivity contribution in [3.05, 3.63) is 29.3 Å². The Labute approximate surface area is 130 Å². The average Bonchev–Trinajstić information content (AvgIpc) is 3.07. The van der Waals surface area contributed by atoms with E-state index in [1.165, 1.54) is 25.7 Å². The van der Waals surface area contributed by atoms with E-state index in [1.807, 2.05) is 13.0 Å². The summed E-state index contributed by atoms with van der Waals surface area (Å²) >= 11 is 5.94. The molecule has 114 valence electrons. The molecule has 2 aromatic rings. The number of hydrogen-bond acceptors (Lipinski definition) is 1. The topological polar surface area (TPSA) is 17.8 Å². The van der Waals surface area contributed by atoms with Gasteiger partial charge in [-0.3, -0.25) is 0 Å². The summed E-state index contributed by atoms with van der Waals surface area (Å²) in [5.41, 5.74) is 2.48. The van der Waals surface area contributed by atoms with Gasteiger partial charge in [0.05, 0.1) is 11.0 Å². The molecular weight excluding hydrogens is 287 g/mol. The van der Waals surface area contributed by atoms with Gasteiger partial charge < -0.3 is 4.57 Å². The SMILES string of the molecule is Cc1cc2c(cc1F)nc(CCCl)n2C(C)C1CCCC1. The Bertz CT molecular complexity index is 644. The Morgan fingerprint density at radius 1 is 1.38 bits per heavy atom. The van der Waals surface area contributed by atoms with E-state index in [2.05, 4.69) is 16.5 Å². The van der Waals surface area contributed by atoms with Gasteiger partial charge in [0.15, 0.2) is 0 Å². The molecule has 1 saturated carbocycles. The fourth-order valence-corrected chi connectivity index (χ4v) is 3.81. The maximum Gasteiger partial charge on any atom is 0.128 e. The van der Waals surface area contributed by atoms with Crippen LogP contribution in [0.1, 0.15) is 50.0 Å². The van der Waals surface area contributed by atoms with Crippen LogP contribution in [-0.2, 0) is 6.42 Å². The molecule has 0 radical (unpaired) electrons. The van der Waals surface area contributed by atoms with E-state index >= 15 is 0 Å². The van der Waals surface area contributed by atoms with Gasteiger partial charge in [-0.1, -0.05) is 12.8 Å². The molecule has 0 amide bonds. The van der Waals surface area contributed by atoms with Crippen molar-refractivity contribution >= 4 is 22.6 Å². The fourth-order valence-electron chi connectivity index (χ4n) is 3.64. The minimum absolute atomic E-state index is 0.182. The summed E-state index contributed by atoms with van der Waals surface area (Å²) < 4.78 is 16.1. The second-order valence-electron chi connectivity index (χ2n) is 6.21. The molecule has 0 bridgehead atoms. The Morgan fingerprint density at radius 2 is 2.10 bits per heavy atom. The lowest BCUT2D eigenvalue weighted by atomic mass is 9.99. The van der Waals surface area contributed by atoms with Crippen LogP contribution in [0, 0.1) is 18.7 Å². The monoisotopic (exact) mass is 308 g/mol. The van der Waals surface area contributed by atoms with E-state index < -0.39 is 0 Å². The largest absolute Gasteiger partial charge is 0.325 e. The summed E-state index contributed by atoms with van der Waals surface area (Å²) in [6.07, 6.45) is 5.93. The van der Waals surface area contributed by atoms with Crippen molar-refractivity contribution < 1.29 is 4.39 Å². The van der Waals surface area contributed by atoms with Crippen LogP contribution in [0.4, 0.5) is 4.39 Å². The molecule has 1 unspecified atom stereocenters. The van der Waals surface area contributed by atoms with Crippen LogP contribution < -0.4 is 0 Å². The molecule has 0 saturated heterocycles. The lowest BCUT2D eigenvalue weighted by molar-refractivity contribution is 0.360. The summed E-state index contributed by atoms with van der Waals surface area (Å²) in [6.45, 7) is 4.08. The number of imidazole rings is 1. The number of aromatic nitrogens is 2. The zero-order valence-corrected chi connectivity index (χ0v) is 13.5. The molecule has 1 atom stereocenters. The van der Waals surface area contributed by atoms with Gasteiger partial charge in [0.25, 0.3) is 0 Å². The van der Waals surface area contributed by atoms with Gasteiger partial charge in [-0.15, -0.1) is 11.6 Å². The van der Waals surface area contributed by atoms with Crippen LogP contribution in [-0.4, -0.2) is 15.4 Å². The quantitative estimate of drug-likeness (QED) is 0.725. The van der Waals surface area contributed by atoms with E-state index in [0.29, 0.717) is 23.4 Å². The summed E-state index contributed by atoms with van der Waals surface area (Å²) in [5.74, 6) is 2.05. The van der Waals surface area contributed by atoms with Gasteiger partial charge in [-0.2, -0.15) is 0 Å². The van der Waals surface area contributed by atoms with Crippen LogP contribution in [0.5, 0.6) is 0 Å². The van der Waals surface area contributed by atoms with Crippen LogP contribution in [0.2, 0.25) is 0 Å². The van der Waals surface area contributed by atoms with E-state index in [4.69, 9.17) is 11.6 Å². The van der Waals surface area contributed by atoms with Crippen LogP contribution in [0.3, 0.4) is 0 Å². The Hall–Kier alpha value is -1.09. The second kappa shape index (κ2) is 5.96. The zero-order valence-electron chi connectivity index (χ0n) is 12.7. The summed E-state index contributed by atoms with van der Waals surface area (Å²) in [7, 11) is 0. The van der Waals surface area contributed by atoms with E-state index in [1.54, 1.807) is 6.07 Å². The number of aryl methyl sites for hydroxylation is 2.